The molecule has 0 aromatic carbocycles. The van der Waals surface area contributed by atoms with Crippen LogP contribution in [0.15, 0.2) is 0 Å². The van der Waals surface area contributed by atoms with Gasteiger partial charge in [-0.25, -0.2) is 0 Å². The number of rotatable bonds is 7. The summed E-state index contributed by atoms with van der Waals surface area (Å²) in [6, 6.07) is 0. The summed E-state index contributed by atoms with van der Waals surface area (Å²) in [4.78, 5) is 1.97. The highest BCUT2D eigenvalue weighted by Gasteiger charge is 2.41. The van der Waals surface area contributed by atoms with E-state index in [9.17, 15) is 13.2 Å². The second-order valence-corrected chi connectivity index (χ2v) is 5.14. The predicted molar refractivity (Wildman–Crippen MR) is 67.6 cm³/mol. The van der Waals surface area contributed by atoms with Crippen molar-refractivity contribution >= 4 is 0 Å². The number of likely N-dealkylation sites (tertiary alicyclic amines) is 1. The van der Waals surface area contributed by atoms with Gasteiger partial charge in [-0.1, -0.05) is 6.92 Å². The molecule has 0 amide bonds. The number of hydrogen-bond donors (Lipinski definition) is 1. The van der Waals surface area contributed by atoms with Crippen molar-refractivity contribution in [2.24, 2.45) is 5.92 Å². The molecular formula is C13H25F3N2. The van der Waals surface area contributed by atoms with Gasteiger partial charge in [0.2, 0.25) is 0 Å². The number of halogens is 3. The zero-order valence-electron chi connectivity index (χ0n) is 11.2. The molecule has 108 valence electrons. The summed E-state index contributed by atoms with van der Waals surface area (Å²) in [5.41, 5.74) is 0. The molecule has 1 aliphatic rings. The molecule has 1 N–H and O–H groups in total. The molecule has 0 aromatic heterocycles. The fraction of sp³-hybridized carbons (Fsp3) is 1.00. The molecule has 1 atom stereocenters. The van der Waals surface area contributed by atoms with Crippen LogP contribution in [0.3, 0.4) is 0 Å². The molecule has 0 aliphatic carbocycles. The van der Waals surface area contributed by atoms with Gasteiger partial charge in [-0.3, -0.25) is 0 Å². The maximum atomic E-state index is 12.6. The average Bonchev–Trinajstić information content (AvgIpc) is 2.33. The van der Waals surface area contributed by atoms with E-state index in [4.69, 9.17) is 0 Å². The Morgan fingerprint density at radius 3 is 2.67 bits per heavy atom. The minimum atomic E-state index is -4.01. The second kappa shape index (κ2) is 8.00. The van der Waals surface area contributed by atoms with Gasteiger partial charge in [-0.2, -0.15) is 13.2 Å². The van der Waals surface area contributed by atoms with Crippen LogP contribution in [0.1, 0.15) is 39.0 Å². The first-order chi connectivity index (χ1) is 8.54. The quantitative estimate of drug-likeness (QED) is 0.713. The maximum absolute atomic E-state index is 12.6. The molecule has 1 aliphatic heterocycles. The first-order valence-electron chi connectivity index (χ1n) is 7.04. The Hall–Kier alpha value is -0.290. The number of nitrogens with zero attached hydrogens (tertiary/aromatic N) is 1. The summed E-state index contributed by atoms with van der Waals surface area (Å²) >= 11 is 0. The van der Waals surface area contributed by atoms with Crippen LogP contribution in [0.4, 0.5) is 13.2 Å². The number of unbranched alkanes of at least 4 members (excludes halogenated alkanes) is 1. The van der Waals surface area contributed by atoms with Crippen LogP contribution in [0.5, 0.6) is 0 Å². The molecule has 5 heteroatoms. The van der Waals surface area contributed by atoms with E-state index in [0.29, 0.717) is 12.8 Å². The molecule has 1 unspecified atom stereocenters. The number of alkyl halides is 3. The van der Waals surface area contributed by atoms with Crippen LogP contribution in [-0.2, 0) is 0 Å². The van der Waals surface area contributed by atoms with Gasteiger partial charge < -0.3 is 10.2 Å². The van der Waals surface area contributed by atoms with E-state index in [1.807, 2.05) is 4.90 Å². The van der Waals surface area contributed by atoms with Crippen LogP contribution < -0.4 is 5.32 Å². The van der Waals surface area contributed by atoms with E-state index < -0.39 is 12.1 Å². The third-order valence-electron chi connectivity index (χ3n) is 3.47. The first-order valence-corrected chi connectivity index (χ1v) is 7.04. The average molecular weight is 266 g/mol. The van der Waals surface area contributed by atoms with Crippen molar-refractivity contribution in [1.82, 2.24) is 10.2 Å². The minimum absolute atomic E-state index is 0.200. The molecule has 18 heavy (non-hydrogen) atoms. The number of piperidine rings is 1. The minimum Gasteiger partial charge on any atom is -0.317 e. The standard InChI is InChI=1S/C13H25F3N2/c1-2-7-17-8-3-4-9-18-10-5-6-12(11-18)13(14,15)16/h12,17H,2-11H2,1H3. The smallest absolute Gasteiger partial charge is 0.317 e. The van der Waals surface area contributed by atoms with Crippen LogP contribution in [0.2, 0.25) is 0 Å². The van der Waals surface area contributed by atoms with E-state index >= 15 is 0 Å². The normalized spacial score (nSPS) is 22.3. The SMILES string of the molecule is CCCNCCCCN1CCCC(C(F)(F)F)C1. The number of hydrogen-bond acceptors (Lipinski definition) is 2. The summed E-state index contributed by atoms with van der Waals surface area (Å²) < 4.78 is 37.8. The molecule has 1 saturated heterocycles. The van der Waals surface area contributed by atoms with Crippen molar-refractivity contribution in [2.45, 2.75) is 45.2 Å². The van der Waals surface area contributed by atoms with Gasteiger partial charge in [-0.15, -0.1) is 0 Å². The molecule has 1 rings (SSSR count). The summed E-state index contributed by atoms with van der Waals surface area (Å²) in [6.07, 6.45) is 0.130. The van der Waals surface area contributed by atoms with Crippen LogP contribution in [0, 0.1) is 5.92 Å². The third kappa shape index (κ3) is 6.05. The molecule has 1 heterocycles. The molecule has 0 radical (unpaired) electrons. The Labute approximate surface area is 108 Å². The molecule has 0 spiro atoms. The fourth-order valence-electron chi connectivity index (χ4n) is 2.41. The third-order valence-corrected chi connectivity index (χ3v) is 3.47. The van der Waals surface area contributed by atoms with Crippen molar-refractivity contribution in [3.05, 3.63) is 0 Å². The van der Waals surface area contributed by atoms with Crippen molar-refractivity contribution in [1.29, 1.82) is 0 Å². The zero-order valence-corrected chi connectivity index (χ0v) is 11.2. The lowest BCUT2D eigenvalue weighted by Gasteiger charge is -2.33. The van der Waals surface area contributed by atoms with Crippen molar-refractivity contribution < 1.29 is 13.2 Å². The van der Waals surface area contributed by atoms with Gasteiger partial charge in [0.1, 0.15) is 0 Å². The van der Waals surface area contributed by atoms with Gasteiger partial charge in [0, 0.05) is 6.54 Å². The lowest BCUT2D eigenvalue weighted by molar-refractivity contribution is -0.186. The maximum Gasteiger partial charge on any atom is 0.393 e. The van der Waals surface area contributed by atoms with E-state index in [1.54, 1.807) is 0 Å². The van der Waals surface area contributed by atoms with Crippen LogP contribution in [-0.4, -0.2) is 43.8 Å². The molecule has 0 saturated carbocycles. The summed E-state index contributed by atoms with van der Waals surface area (Å²) in [5, 5.41) is 3.31. The molecular weight excluding hydrogens is 241 g/mol. The fourth-order valence-corrected chi connectivity index (χ4v) is 2.41. The van der Waals surface area contributed by atoms with Gasteiger partial charge in [-0.05, 0) is 58.3 Å². The Morgan fingerprint density at radius 1 is 1.22 bits per heavy atom. The summed E-state index contributed by atoms with van der Waals surface area (Å²) in [5.74, 6) is -1.11. The summed E-state index contributed by atoms with van der Waals surface area (Å²) in [6.45, 7) is 5.96. The topological polar surface area (TPSA) is 15.3 Å². The summed E-state index contributed by atoms with van der Waals surface area (Å²) in [7, 11) is 0. The van der Waals surface area contributed by atoms with Gasteiger partial charge in [0.05, 0.1) is 5.92 Å². The van der Waals surface area contributed by atoms with E-state index in [2.05, 4.69) is 12.2 Å². The van der Waals surface area contributed by atoms with E-state index in [1.165, 1.54) is 0 Å². The Kier molecular flexibility index (Phi) is 7.00. The lowest BCUT2D eigenvalue weighted by atomic mass is 9.97. The van der Waals surface area contributed by atoms with E-state index in [0.717, 1.165) is 45.4 Å². The molecule has 0 aromatic rings. The Bertz CT molecular complexity index is 219. The van der Waals surface area contributed by atoms with Gasteiger partial charge >= 0.3 is 6.18 Å². The van der Waals surface area contributed by atoms with Crippen LogP contribution in [0.25, 0.3) is 0 Å². The van der Waals surface area contributed by atoms with Crippen molar-refractivity contribution in [2.75, 3.05) is 32.7 Å². The monoisotopic (exact) mass is 266 g/mol. The highest BCUT2D eigenvalue weighted by molar-refractivity contribution is 4.77. The first kappa shape index (κ1) is 15.8. The Balaban J connectivity index is 2.11. The second-order valence-electron chi connectivity index (χ2n) is 5.14. The zero-order chi connectivity index (χ0) is 13.4. The van der Waals surface area contributed by atoms with Gasteiger partial charge in [0.15, 0.2) is 0 Å². The highest BCUT2D eigenvalue weighted by atomic mass is 19.4. The molecule has 0 bridgehead atoms. The molecule has 2 nitrogen and oxygen atoms in total. The Morgan fingerprint density at radius 2 is 2.00 bits per heavy atom. The number of nitrogens with one attached hydrogen (secondary N) is 1. The largest absolute Gasteiger partial charge is 0.393 e. The van der Waals surface area contributed by atoms with Crippen molar-refractivity contribution in [3.63, 3.8) is 0 Å². The van der Waals surface area contributed by atoms with E-state index in [-0.39, 0.29) is 6.54 Å². The van der Waals surface area contributed by atoms with Crippen LogP contribution >= 0.6 is 0 Å². The van der Waals surface area contributed by atoms with Crippen molar-refractivity contribution in [3.8, 4) is 0 Å². The molecule has 1 fully saturated rings. The predicted octanol–water partition coefficient (Wildman–Crippen LogP) is 3.04. The highest BCUT2D eigenvalue weighted by Crippen LogP contribution is 2.33. The van der Waals surface area contributed by atoms with Gasteiger partial charge in [0.25, 0.3) is 0 Å². The lowest BCUT2D eigenvalue weighted by Crippen LogP contribution is -2.42.